The van der Waals surface area contributed by atoms with Crippen LogP contribution in [0.25, 0.3) is 5.69 Å². The van der Waals surface area contributed by atoms with Crippen molar-refractivity contribution in [2.24, 2.45) is 0 Å². The summed E-state index contributed by atoms with van der Waals surface area (Å²) < 4.78 is 32.9. The summed E-state index contributed by atoms with van der Waals surface area (Å²) in [5.41, 5.74) is 3.84. The molecule has 2 saturated heterocycles. The molecule has 3 aromatic rings. The van der Waals surface area contributed by atoms with Gasteiger partial charge >= 0.3 is 0 Å². The van der Waals surface area contributed by atoms with Crippen LogP contribution in [-0.2, 0) is 11.2 Å². The van der Waals surface area contributed by atoms with Gasteiger partial charge in [-0.2, -0.15) is 4.98 Å². The minimum Gasteiger partial charge on any atom is -0.378 e. The van der Waals surface area contributed by atoms with Crippen LogP contribution in [0.5, 0.6) is 0 Å². The predicted molar refractivity (Wildman–Crippen MR) is 124 cm³/mol. The minimum absolute atomic E-state index is 0.0391. The lowest BCUT2D eigenvalue weighted by molar-refractivity contribution is -0.0660. The van der Waals surface area contributed by atoms with E-state index in [0.717, 1.165) is 51.5 Å². The molecular formula is C24H28F2N6O. The molecule has 2 aliphatic rings. The molecule has 3 heterocycles. The molecule has 7 nitrogen and oxygen atoms in total. The van der Waals surface area contributed by atoms with Gasteiger partial charge in [0.2, 0.25) is 5.95 Å². The minimum atomic E-state index is -2.52. The van der Waals surface area contributed by atoms with Crippen LogP contribution in [-0.4, -0.2) is 65.1 Å². The van der Waals surface area contributed by atoms with Gasteiger partial charge in [-0.3, -0.25) is 4.90 Å². The Balaban J connectivity index is 1.30. The summed E-state index contributed by atoms with van der Waals surface area (Å²) in [6.07, 6.45) is -0.0735. The van der Waals surface area contributed by atoms with Crippen molar-refractivity contribution in [3.8, 4) is 5.69 Å². The van der Waals surface area contributed by atoms with Crippen molar-refractivity contribution in [2.45, 2.75) is 25.8 Å². The zero-order chi connectivity index (χ0) is 22.8. The number of hydrogen-bond donors (Lipinski definition) is 1. The third-order valence-electron chi connectivity index (χ3n) is 6.34. The van der Waals surface area contributed by atoms with Crippen LogP contribution in [0, 0.1) is 0 Å². The van der Waals surface area contributed by atoms with E-state index < -0.39 is 6.43 Å². The van der Waals surface area contributed by atoms with Gasteiger partial charge in [0.25, 0.3) is 6.43 Å². The second-order valence-corrected chi connectivity index (χ2v) is 8.49. The van der Waals surface area contributed by atoms with Crippen molar-refractivity contribution in [2.75, 3.05) is 49.6 Å². The van der Waals surface area contributed by atoms with Gasteiger partial charge in [0, 0.05) is 43.1 Å². The molecule has 9 heteroatoms. The second-order valence-electron chi connectivity index (χ2n) is 8.49. The maximum atomic E-state index is 13.0. The first-order chi connectivity index (χ1) is 16.1. The van der Waals surface area contributed by atoms with Gasteiger partial charge in [-0.15, -0.1) is 5.10 Å². The van der Waals surface area contributed by atoms with E-state index in [9.17, 15) is 8.78 Å². The summed E-state index contributed by atoms with van der Waals surface area (Å²) in [7, 11) is 0. The van der Waals surface area contributed by atoms with Gasteiger partial charge in [-0.25, -0.2) is 13.5 Å². The van der Waals surface area contributed by atoms with Crippen molar-refractivity contribution in [1.29, 1.82) is 0 Å². The topological polar surface area (TPSA) is 58.5 Å². The number of anilines is 3. The third-order valence-corrected chi connectivity index (χ3v) is 6.34. The fourth-order valence-corrected chi connectivity index (χ4v) is 4.29. The molecule has 174 valence electrons. The van der Waals surface area contributed by atoms with Gasteiger partial charge in [0.05, 0.1) is 24.9 Å². The molecule has 2 fully saturated rings. The molecule has 0 atom stereocenters. The summed E-state index contributed by atoms with van der Waals surface area (Å²) in [5, 5.41) is 7.72. The van der Waals surface area contributed by atoms with Crippen LogP contribution in [0.2, 0.25) is 0 Å². The molecule has 0 aliphatic carbocycles. The summed E-state index contributed by atoms with van der Waals surface area (Å²) >= 11 is 0. The van der Waals surface area contributed by atoms with E-state index in [2.05, 4.69) is 50.3 Å². The van der Waals surface area contributed by atoms with Crippen LogP contribution >= 0.6 is 0 Å². The van der Waals surface area contributed by atoms with Crippen LogP contribution in [0.3, 0.4) is 0 Å². The number of alkyl halides is 2. The normalized spacial score (nSPS) is 17.4. The SMILES string of the molecule is CCc1cc(Nc2ncn(-c3cccc(C(F)F)c3)n2)cc(N2CCN(C3COC3)CC2)c1. The number of halogens is 2. The molecule has 5 rings (SSSR count). The number of ether oxygens (including phenoxy) is 1. The Morgan fingerprint density at radius 1 is 1.06 bits per heavy atom. The number of aromatic nitrogens is 3. The Morgan fingerprint density at radius 3 is 2.58 bits per heavy atom. The number of aryl methyl sites for hydroxylation is 1. The summed E-state index contributed by atoms with van der Waals surface area (Å²) in [6.45, 7) is 7.89. The predicted octanol–water partition coefficient (Wildman–Crippen LogP) is 4.03. The first kappa shape index (κ1) is 21.8. The number of rotatable bonds is 7. The van der Waals surface area contributed by atoms with Gasteiger partial charge in [0.15, 0.2) is 0 Å². The first-order valence-corrected chi connectivity index (χ1v) is 11.4. The molecular weight excluding hydrogens is 426 g/mol. The molecule has 0 amide bonds. The van der Waals surface area contributed by atoms with E-state index in [4.69, 9.17) is 4.74 Å². The zero-order valence-corrected chi connectivity index (χ0v) is 18.6. The van der Waals surface area contributed by atoms with Gasteiger partial charge in [0.1, 0.15) is 6.33 Å². The molecule has 1 aromatic heterocycles. The van der Waals surface area contributed by atoms with E-state index in [0.29, 0.717) is 17.7 Å². The first-order valence-electron chi connectivity index (χ1n) is 11.4. The Kier molecular flexibility index (Phi) is 6.24. The fraction of sp³-hybridized carbons (Fsp3) is 0.417. The van der Waals surface area contributed by atoms with E-state index in [1.807, 2.05) is 0 Å². The number of nitrogens with zero attached hydrogens (tertiary/aromatic N) is 5. The highest BCUT2D eigenvalue weighted by atomic mass is 19.3. The smallest absolute Gasteiger partial charge is 0.263 e. The zero-order valence-electron chi connectivity index (χ0n) is 18.6. The number of nitrogens with one attached hydrogen (secondary N) is 1. The highest BCUT2D eigenvalue weighted by molar-refractivity contribution is 5.64. The summed E-state index contributed by atoms with van der Waals surface area (Å²) in [6, 6.07) is 13.2. The largest absolute Gasteiger partial charge is 0.378 e. The van der Waals surface area contributed by atoms with Crippen LogP contribution in [0.1, 0.15) is 24.5 Å². The van der Waals surface area contributed by atoms with Crippen LogP contribution in [0.15, 0.2) is 48.8 Å². The lowest BCUT2D eigenvalue weighted by Gasteiger charge is -2.43. The number of piperazine rings is 1. The molecule has 0 radical (unpaired) electrons. The van der Waals surface area contributed by atoms with Crippen LogP contribution < -0.4 is 10.2 Å². The van der Waals surface area contributed by atoms with Crippen molar-refractivity contribution >= 4 is 17.3 Å². The Morgan fingerprint density at radius 2 is 1.88 bits per heavy atom. The summed E-state index contributed by atoms with van der Waals surface area (Å²) in [4.78, 5) is 9.26. The van der Waals surface area contributed by atoms with Gasteiger partial charge in [-0.05, 0) is 42.3 Å². The molecule has 0 unspecified atom stereocenters. The maximum absolute atomic E-state index is 13.0. The quantitative estimate of drug-likeness (QED) is 0.582. The molecule has 33 heavy (non-hydrogen) atoms. The van der Waals surface area contributed by atoms with Crippen molar-refractivity contribution < 1.29 is 13.5 Å². The van der Waals surface area contributed by atoms with Gasteiger partial charge < -0.3 is 15.0 Å². The number of hydrogen-bond acceptors (Lipinski definition) is 6. The molecule has 0 bridgehead atoms. The lowest BCUT2D eigenvalue weighted by atomic mass is 10.1. The Bertz CT molecular complexity index is 1090. The van der Waals surface area contributed by atoms with E-state index >= 15 is 0 Å². The molecule has 0 spiro atoms. The molecule has 1 N–H and O–H groups in total. The standard InChI is InChI=1S/C24H28F2N6O/c1-2-17-10-19(13-21(11-17)30-6-8-31(9-7-30)22-14-33-15-22)28-24-27-16-32(29-24)20-5-3-4-18(12-20)23(25)26/h3-5,10-13,16,22-23H,2,6-9,14-15H2,1H3,(H,28,29). The lowest BCUT2D eigenvalue weighted by Crippen LogP contribution is -2.56. The van der Waals surface area contributed by atoms with Crippen molar-refractivity contribution in [3.05, 3.63) is 59.9 Å². The average Bonchev–Trinajstić information content (AvgIpc) is 3.27. The Labute approximate surface area is 192 Å². The van der Waals surface area contributed by atoms with E-state index in [-0.39, 0.29) is 5.56 Å². The van der Waals surface area contributed by atoms with E-state index in [1.54, 1.807) is 12.1 Å². The van der Waals surface area contributed by atoms with E-state index in [1.165, 1.54) is 34.4 Å². The summed E-state index contributed by atoms with van der Waals surface area (Å²) in [5.74, 6) is 0.423. The van der Waals surface area contributed by atoms with Crippen LogP contribution in [0.4, 0.5) is 26.1 Å². The monoisotopic (exact) mass is 454 g/mol. The molecule has 2 aromatic carbocycles. The third kappa shape index (κ3) is 4.84. The van der Waals surface area contributed by atoms with Crippen molar-refractivity contribution in [3.63, 3.8) is 0 Å². The van der Waals surface area contributed by atoms with Gasteiger partial charge in [-0.1, -0.05) is 19.1 Å². The Hall–Kier alpha value is -3.04. The van der Waals surface area contributed by atoms with Crippen molar-refractivity contribution in [1.82, 2.24) is 19.7 Å². The average molecular weight is 455 g/mol. The second kappa shape index (κ2) is 9.44. The fourth-order valence-electron chi connectivity index (χ4n) is 4.29. The highest BCUT2D eigenvalue weighted by Gasteiger charge is 2.29. The molecule has 0 saturated carbocycles. The number of benzene rings is 2. The highest BCUT2D eigenvalue weighted by Crippen LogP contribution is 2.27. The molecule has 2 aliphatic heterocycles. The maximum Gasteiger partial charge on any atom is 0.263 e.